The number of nitroso groups, excluding NO2 is 1. The fraction of sp³-hybridized carbons (Fsp3) is 0.625. The molecule has 0 unspecified atom stereocenters. The molecule has 1 aliphatic rings. The lowest BCUT2D eigenvalue weighted by Crippen LogP contribution is -2.61. The second-order valence-corrected chi connectivity index (χ2v) is 3.32. The van der Waals surface area contributed by atoms with E-state index in [1.54, 1.807) is 13.8 Å². The quantitative estimate of drug-likeness (QED) is 0.391. The fourth-order valence-corrected chi connectivity index (χ4v) is 1.85. The van der Waals surface area contributed by atoms with E-state index in [2.05, 4.69) is 5.18 Å². The summed E-state index contributed by atoms with van der Waals surface area (Å²) in [7, 11) is 0. The van der Waals surface area contributed by atoms with Crippen LogP contribution in [0.2, 0.25) is 0 Å². The molecule has 82 valence electrons. The van der Waals surface area contributed by atoms with Crippen molar-refractivity contribution in [3.05, 3.63) is 4.91 Å². The van der Waals surface area contributed by atoms with E-state index in [9.17, 15) is 14.5 Å². The predicted octanol–water partition coefficient (Wildman–Crippen LogP) is 0.117. The van der Waals surface area contributed by atoms with Crippen molar-refractivity contribution < 1.29 is 9.59 Å². The molecule has 7 heteroatoms. The molecule has 0 spiro atoms. The summed E-state index contributed by atoms with van der Waals surface area (Å²) in [6.07, 6.45) is 0. The predicted molar refractivity (Wildman–Crippen MR) is 57.0 cm³/mol. The third kappa shape index (κ3) is 1.74. The largest absolute Gasteiger partial charge is 0.287 e. The third-order valence-corrected chi connectivity index (χ3v) is 2.64. The molecule has 1 heterocycles. The van der Waals surface area contributed by atoms with Gasteiger partial charge < -0.3 is 0 Å². The summed E-state index contributed by atoms with van der Waals surface area (Å²) in [4.78, 5) is 36.0. The van der Waals surface area contributed by atoms with Gasteiger partial charge in [0.15, 0.2) is 5.11 Å². The normalized spacial score (nSPS) is 18.7. The van der Waals surface area contributed by atoms with Gasteiger partial charge in [0.25, 0.3) is 11.8 Å². The summed E-state index contributed by atoms with van der Waals surface area (Å²) in [5.74, 6) is -1.26. The molecule has 2 amide bonds. The summed E-state index contributed by atoms with van der Waals surface area (Å²) in [5.41, 5.74) is 0. The van der Waals surface area contributed by atoms with Gasteiger partial charge in [-0.2, -0.15) is 0 Å². The van der Waals surface area contributed by atoms with E-state index in [1.807, 2.05) is 0 Å². The molecule has 1 saturated heterocycles. The van der Waals surface area contributed by atoms with Crippen LogP contribution < -0.4 is 0 Å². The number of amides is 2. The van der Waals surface area contributed by atoms with Gasteiger partial charge in [0, 0.05) is 13.1 Å². The maximum atomic E-state index is 11.6. The lowest BCUT2D eigenvalue weighted by Gasteiger charge is -2.35. The first-order chi connectivity index (χ1) is 7.08. The first-order valence-electron chi connectivity index (χ1n) is 4.57. The molecule has 0 bridgehead atoms. The second-order valence-electron chi connectivity index (χ2n) is 2.96. The highest BCUT2D eigenvalue weighted by Crippen LogP contribution is 2.14. The number of hydrogen-bond acceptors (Lipinski definition) is 5. The zero-order valence-corrected chi connectivity index (χ0v) is 9.28. The second kappa shape index (κ2) is 4.43. The summed E-state index contributed by atoms with van der Waals surface area (Å²) >= 11 is 4.97. The van der Waals surface area contributed by atoms with Crippen molar-refractivity contribution in [3.63, 3.8) is 0 Å². The zero-order chi connectivity index (χ0) is 11.6. The number of carbonyl (C=O) groups excluding carboxylic acids is 2. The zero-order valence-electron chi connectivity index (χ0n) is 8.47. The smallest absolute Gasteiger partial charge is 0.267 e. The highest BCUT2D eigenvalue weighted by Gasteiger charge is 2.43. The topological polar surface area (TPSA) is 70.0 Å². The Morgan fingerprint density at radius 1 is 1.20 bits per heavy atom. The summed E-state index contributed by atoms with van der Waals surface area (Å²) in [6.45, 7) is 4.09. The van der Waals surface area contributed by atoms with Crippen LogP contribution in [0, 0.1) is 4.91 Å². The molecule has 1 fully saturated rings. The van der Waals surface area contributed by atoms with E-state index in [0.717, 1.165) is 0 Å². The van der Waals surface area contributed by atoms with Crippen LogP contribution >= 0.6 is 12.2 Å². The highest BCUT2D eigenvalue weighted by molar-refractivity contribution is 7.80. The molecular formula is C8H11N3O3S. The van der Waals surface area contributed by atoms with Crippen molar-refractivity contribution in [1.82, 2.24) is 9.80 Å². The Morgan fingerprint density at radius 2 is 1.60 bits per heavy atom. The van der Waals surface area contributed by atoms with Crippen molar-refractivity contribution in [3.8, 4) is 0 Å². The summed E-state index contributed by atoms with van der Waals surface area (Å²) in [5, 5.41) is 2.70. The van der Waals surface area contributed by atoms with Crippen molar-refractivity contribution >= 4 is 29.1 Å². The van der Waals surface area contributed by atoms with E-state index in [4.69, 9.17) is 12.2 Å². The lowest BCUT2D eigenvalue weighted by atomic mass is 10.2. The maximum absolute atomic E-state index is 11.6. The molecule has 0 atom stereocenters. The van der Waals surface area contributed by atoms with E-state index in [1.165, 1.54) is 9.80 Å². The number of rotatable bonds is 3. The molecule has 0 aromatic carbocycles. The SMILES string of the molecule is CCN1C(=O)C(N=O)C(=O)N(CC)C1=S. The summed E-state index contributed by atoms with van der Waals surface area (Å²) in [6, 6.07) is -1.48. The Hall–Kier alpha value is -1.37. The molecule has 0 radical (unpaired) electrons. The first-order valence-corrected chi connectivity index (χ1v) is 4.98. The van der Waals surface area contributed by atoms with Gasteiger partial charge in [0.1, 0.15) is 0 Å². The molecule has 6 nitrogen and oxygen atoms in total. The van der Waals surface area contributed by atoms with Crippen LogP contribution in [0.1, 0.15) is 13.8 Å². The van der Waals surface area contributed by atoms with Gasteiger partial charge in [-0.15, -0.1) is 4.91 Å². The molecule has 0 aliphatic carbocycles. The van der Waals surface area contributed by atoms with Crippen molar-refractivity contribution in [1.29, 1.82) is 0 Å². The van der Waals surface area contributed by atoms with Gasteiger partial charge in [-0.1, -0.05) is 0 Å². The van der Waals surface area contributed by atoms with Crippen LogP contribution in [-0.4, -0.2) is 45.9 Å². The van der Waals surface area contributed by atoms with Crippen LogP contribution in [0.4, 0.5) is 0 Å². The minimum absolute atomic E-state index is 0.148. The van der Waals surface area contributed by atoms with Gasteiger partial charge in [-0.25, -0.2) is 0 Å². The van der Waals surface area contributed by atoms with Gasteiger partial charge in [-0.05, 0) is 31.2 Å². The molecule has 0 aromatic rings. The average molecular weight is 229 g/mol. The first kappa shape index (κ1) is 11.7. The average Bonchev–Trinajstić information content (AvgIpc) is 2.19. The van der Waals surface area contributed by atoms with E-state index in [-0.39, 0.29) is 5.11 Å². The minimum Gasteiger partial charge on any atom is -0.287 e. The number of thiocarbonyl (C=S) groups is 1. The van der Waals surface area contributed by atoms with Gasteiger partial charge in [0.05, 0.1) is 0 Å². The molecule has 1 aliphatic heterocycles. The van der Waals surface area contributed by atoms with Gasteiger partial charge in [-0.3, -0.25) is 19.4 Å². The fourth-order valence-electron chi connectivity index (χ4n) is 1.41. The molecule has 0 N–H and O–H groups in total. The number of likely N-dealkylation sites (N-methyl/N-ethyl adjacent to an activating group) is 2. The Labute approximate surface area is 92.2 Å². The minimum atomic E-state index is -1.48. The standard InChI is InChI=1S/C8H11N3O3S/c1-3-10-6(12)5(9-14)7(13)11(4-2)8(10)15/h5H,3-4H2,1-2H3. The van der Waals surface area contributed by atoms with Gasteiger partial charge in [0.2, 0.25) is 6.04 Å². The van der Waals surface area contributed by atoms with Crippen molar-refractivity contribution in [2.45, 2.75) is 19.9 Å². The highest BCUT2D eigenvalue weighted by atomic mass is 32.1. The van der Waals surface area contributed by atoms with E-state index in [0.29, 0.717) is 13.1 Å². The molecule has 0 aromatic heterocycles. The Bertz CT molecular complexity index is 305. The monoisotopic (exact) mass is 229 g/mol. The van der Waals surface area contributed by atoms with Crippen molar-refractivity contribution in [2.24, 2.45) is 5.18 Å². The van der Waals surface area contributed by atoms with Gasteiger partial charge >= 0.3 is 0 Å². The molecule has 15 heavy (non-hydrogen) atoms. The van der Waals surface area contributed by atoms with Crippen LogP contribution in [0.3, 0.4) is 0 Å². The van der Waals surface area contributed by atoms with Crippen LogP contribution in [0.5, 0.6) is 0 Å². The van der Waals surface area contributed by atoms with Crippen LogP contribution in [-0.2, 0) is 9.59 Å². The van der Waals surface area contributed by atoms with Crippen molar-refractivity contribution in [2.75, 3.05) is 13.1 Å². The molecular weight excluding hydrogens is 218 g/mol. The molecule has 1 rings (SSSR count). The number of carbonyl (C=O) groups is 2. The molecule has 0 saturated carbocycles. The Balaban J connectivity index is 3.08. The van der Waals surface area contributed by atoms with Crippen LogP contribution in [0.15, 0.2) is 5.18 Å². The lowest BCUT2D eigenvalue weighted by molar-refractivity contribution is -0.142. The summed E-state index contributed by atoms with van der Waals surface area (Å²) < 4.78 is 0. The van der Waals surface area contributed by atoms with E-state index >= 15 is 0 Å². The van der Waals surface area contributed by atoms with E-state index < -0.39 is 17.9 Å². The Morgan fingerprint density at radius 3 is 1.87 bits per heavy atom. The number of hydrogen-bond donors (Lipinski definition) is 0. The third-order valence-electron chi connectivity index (χ3n) is 2.20. The Kier molecular flexibility index (Phi) is 3.46. The maximum Gasteiger partial charge on any atom is 0.267 e. The van der Waals surface area contributed by atoms with Crippen LogP contribution in [0.25, 0.3) is 0 Å². The number of nitrogens with zero attached hydrogens (tertiary/aromatic N) is 3.